The summed E-state index contributed by atoms with van der Waals surface area (Å²) < 4.78 is 60.2. The van der Waals surface area contributed by atoms with Gasteiger partial charge in [0.1, 0.15) is 5.75 Å². The van der Waals surface area contributed by atoms with Crippen LogP contribution < -0.4 is 4.74 Å². The van der Waals surface area contributed by atoms with Crippen molar-refractivity contribution in [3.05, 3.63) is 77.7 Å². The van der Waals surface area contributed by atoms with E-state index in [1.807, 2.05) is 0 Å². The normalized spacial score (nSPS) is 15.1. The quantitative estimate of drug-likeness (QED) is 0.489. The first-order valence-electron chi connectivity index (χ1n) is 10.3. The van der Waals surface area contributed by atoms with E-state index >= 15 is 0 Å². The highest BCUT2D eigenvalue weighted by molar-refractivity contribution is 6.03. The first-order valence-corrected chi connectivity index (χ1v) is 10.3. The van der Waals surface area contributed by atoms with Crippen LogP contribution in [0.25, 0.3) is 11.3 Å². The van der Waals surface area contributed by atoms with Crippen LogP contribution in [0, 0.1) is 18.9 Å². The molecule has 0 bridgehead atoms. The molecule has 2 aromatic carbocycles. The molecule has 2 heterocycles. The van der Waals surface area contributed by atoms with Gasteiger partial charge in [0.25, 0.3) is 5.91 Å². The molecule has 4 rings (SSSR count). The summed E-state index contributed by atoms with van der Waals surface area (Å²) in [4.78, 5) is 23.2. The minimum Gasteiger partial charge on any atom is -0.475 e. The molecule has 33 heavy (non-hydrogen) atoms. The van der Waals surface area contributed by atoms with Gasteiger partial charge < -0.3 is 9.64 Å². The molecule has 1 aliphatic rings. The van der Waals surface area contributed by atoms with Gasteiger partial charge in [0, 0.05) is 48.6 Å². The summed E-state index contributed by atoms with van der Waals surface area (Å²) in [5, 5.41) is 0. The zero-order chi connectivity index (χ0) is 23.6. The molecule has 0 unspecified atom stereocenters. The van der Waals surface area contributed by atoms with Crippen molar-refractivity contribution in [2.75, 3.05) is 19.8 Å². The number of amides is 1. The van der Waals surface area contributed by atoms with Crippen molar-refractivity contribution in [3.8, 4) is 17.0 Å². The maximum atomic E-state index is 13.9. The highest BCUT2D eigenvalue weighted by Gasteiger charge is 2.44. The number of nitrogens with zero attached hydrogens (tertiary/aromatic N) is 3. The van der Waals surface area contributed by atoms with Crippen LogP contribution in [-0.2, 0) is 0 Å². The number of carbonyl (C=O) groups is 1. The van der Waals surface area contributed by atoms with E-state index in [0.717, 1.165) is 0 Å². The van der Waals surface area contributed by atoms with Crippen LogP contribution in [-0.4, -0.2) is 46.7 Å². The maximum absolute atomic E-state index is 13.9. The highest BCUT2D eigenvalue weighted by Crippen LogP contribution is 2.40. The third kappa shape index (κ3) is 4.67. The largest absolute Gasteiger partial charge is 0.475 e. The number of ether oxygens (including phenoxy) is 1. The molecule has 9 heteroatoms. The molecule has 0 saturated carbocycles. The second kappa shape index (κ2) is 9.17. The second-order valence-corrected chi connectivity index (χ2v) is 7.77. The molecule has 0 aliphatic carbocycles. The van der Waals surface area contributed by atoms with Gasteiger partial charge in [0.15, 0.2) is 0 Å². The Bertz CT molecular complexity index is 1130. The summed E-state index contributed by atoms with van der Waals surface area (Å²) >= 11 is 0. The van der Waals surface area contributed by atoms with Gasteiger partial charge in [0.05, 0.1) is 23.6 Å². The van der Waals surface area contributed by atoms with Crippen LogP contribution in [0.1, 0.15) is 27.7 Å². The lowest BCUT2D eigenvalue weighted by molar-refractivity contribution is -0.198. The van der Waals surface area contributed by atoms with Crippen molar-refractivity contribution in [1.82, 2.24) is 14.9 Å². The summed E-state index contributed by atoms with van der Waals surface area (Å²) in [6.07, 6.45) is -4.15. The Morgan fingerprint density at radius 3 is 2.52 bits per heavy atom. The van der Waals surface area contributed by atoms with Crippen molar-refractivity contribution in [2.45, 2.75) is 19.2 Å². The lowest BCUT2D eigenvalue weighted by Gasteiger charge is -2.38. The Kier molecular flexibility index (Phi) is 6.31. The smallest absolute Gasteiger partial charge is 0.429 e. The molecule has 5 nitrogen and oxygen atoms in total. The van der Waals surface area contributed by atoms with Crippen LogP contribution in [0.15, 0.2) is 54.9 Å². The number of aromatic nitrogens is 2. The van der Waals surface area contributed by atoms with Crippen molar-refractivity contribution in [2.24, 2.45) is 5.92 Å². The van der Waals surface area contributed by atoms with E-state index in [9.17, 15) is 22.4 Å². The van der Waals surface area contributed by atoms with E-state index in [-0.39, 0.29) is 41.4 Å². The predicted molar refractivity (Wildman–Crippen MR) is 112 cm³/mol. The van der Waals surface area contributed by atoms with Gasteiger partial charge in [-0.05, 0) is 13.0 Å². The molecular weight excluding hydrogens is 438 g/mol. The third-order valence-electron chi connectivity index (χ3n) is 5.41. The number of likely N-dealkylation sites (tertiary alicyclic amines) is 1. The lowest BCUT2D eigenvalue weighted by atomic mass is 9.96. The fourth-order valence-corrected chi connectivity index (χ4v) is 3.71. The van der Waals surface area contributed by atoms with Crippen LogP contribution in [0.2, 0.25) is 0 Å². The first-order chi connectivity index (χ1) is 15.8. The zero-order valence-corrected chi connectivity index (χ0v) is 17.6. The highest BCUT2D eigenvalue weighted by atomic mass is 19.4. The first kappa shape index (κ1) is 22.7. The number of aryl methyl sites for hydroxylation is 1. The Morgan fingerprint density at radius 1 is 1.18 bits per heavy atom. The molecule has 171 valence electrons. The fourth-order valence-electron chi connectivity index (χ4n) is 3.71. The fraction of sp³-hybridized carbons (Fsp3) is 0.292. The number of hydrogen-bond donors (Lipinski definition) is 0. The molecule has 1 saturated heterocycles. The molecule has 1 atom stereocenters. The second-order valence-electron chi connectivity index (χ2n) is 7.77. The average Bonchev–Trinajstić information content (AvgIpc) is 2.76. The van der Waals surface area contributed by atoms with Gasteiger partial charge in [-0.1, -0.05) is 36.4 Å². The molecule has 1 aliphatic heterocycles. The number of hydrogen-bond acceptors (Lipinski definition) is 4. The monoisotopic (exact) mass is 458 g/mol. The van der Waals surface area contributed by atoms with E-state index in [0.29, 0.717) is 11.4 Å². The van der Waals surface area contributed by atoms with Crippen LogP contribution in [0.3, 0.4) is 0 Å². The standard InChI is InChI=1S/C24H20F4N3O2/c1-15-21(30-11-10-29-15)18-8-5-9-19(20(18)23(32)31-13-16(12-25)14-31)33-22(24(26,27)28)17-6-3-2-4-7-17/h2-8,10-11,16,22H,12-14H2,1H3/t22-/m0/s1. The third-order valence-corrected chi connectivity index (χ3v) is 5.41. The number of alkyl halides is 4. The van der Waals surface area contributed by atoms with Gasteiger partial charge >= 0.3 is 6.18 Å². The molecule has 1 amide bonds. The molecule has 0 spiro atoms. The number of carbonyl (C=O) groups excluding carboxylic acids is 1. The van der Waals surface area contributed by atoms with Gasteiger partial charge in [0.2, 0.25) is 6.10 Å². The van der Waals surface area contributed by atoms with Crippen molar-refractivity contribution in [3.63, 3.8) is 0 Å². The van der Waals surface area contributed by atoms with Crippen molar-refractivity contribution >= 4 is 5.91 Å². The Morgan fingerprint density at radius 2 is 1.88 bits per heavy atom. The van der Waals surface area contributed by atoms with Crippen LogP contribution in [0.5, 0.6) is 5.75 Å². The van der Waals surface area contributed by atoms with Crippen LogP contribution in [0.4, 0.5) is 17.6 Å². The Balaban J connectivity index is 1.81. The summed E-state index contributed by atoms with van der Waals surface area (Å²) in [5.41, 5.74) is 0.884. The summed E-state index contributed by atoms with van der Waals surface area (Å²) in [5.74, 6) is -1.21. The maximum Gasteiger partial charge on any atom is 0.429 e. The van der Waals surface area contributed by atoms with Gasteiger partial charge in [-0.2, -0.15) is 13.2 Å². The van der Waals surface area contributed by atoms with E-state index in [1.54, 1.807) is 13.0 Å². The minimum atomic E-state index is -4.75. The van der Waals surface area contributed by atoms with Gasteiger partial charge in [-0.3, -0.25) is 19.2 Å². The topological polar surface area (TPSA) is 55.3 Å². The molecule has 1 fully saturated rings. The number of benzene rings is 2. The SMILES string of the molecule is Cc1nccnc1-c1cc[c]c(O[C@@H](c2ccccc2)C(F)(F)F)c1C(=O)N1CC(CF)C1. The number of rotatable bonds is 6. The molecular formula is C24H20F4N3O2. The molecule has 1 aromatic heterocycles. The zero-order valence-electron chi connectivity index (χ0n) is 17.6. The molecule has 0 N–H and O–H groups in total. The van der Waals surface area contributed by atoms with E-state index < -0.39 is 24.9 Å². The van der Waals surface area contributed by atoms with E-state index in [2.05, 4.69) is 16.0 Å². The summed E-state index contributed by atoms with van der Waals surface area (Å²) in [6.45, 7) is 1.45. The van der Waals surface area contributed by atoms with Crippen molar-refractivity contribution < 1.29 is 27.1 Å². The minimum absolute atomic E-state index is 0.108. The van der Waals surface area contributed by atoms with Crippen LogP contribution >= 0.6 is 0 Å². The van der Waals surface area contributed by atoms with E-state index in [1.165, 1.54) is 53.7 Å². The van der Waals surface area contributed by atoms with E-state index in [4.69, 9.17) is 4.74 Å². The van der Waals surface area contributed by atoms with Gasteiger partial charge in [-0.15, -0.1) is 0 Å². The predicted octanol–water partition coefficient (Wildman–Crippen LogP) is 4.98. The lowest BCUT2D eigenvalue weighted by Crippen LogP contribution is -2.51. The summed E-state index contributed by atoms with van der Waals surface area (Å²) in [7, 11) is 0. The Hall–Kier alpha value is -3.49. The van der Waals surface area contributed by atoms with Gasteiger partial charge in [-0.25, -0.2) is 0 Å². The molecule has 3 aromatic rings. The van der Waals surface area contributed by atoms with Crippen molar-refractivity contribution in [1.29, 1.82) is 0 Å². The molecule has 1 radical (unpaired) electrons. The number of halogens is 4. The average molecular weight is 458 g/mol. The Labute approximate surface area is 188 Å². The summed E-state index contributed by atoms with van der Waals surface area (Å²) in [6, 6.07) is 12.7.